The summed E-state index contributed by atoms with van der Waals surface area (Å²) in [7, 11) is 0. The van der Waals surface area contributed by atoms with Crippen LogP contribution >= 0.6 is 0 Å². The van der Waals surface area contributed by atoms with Crippen molar-refractivity contribution < 1.29 is 59.3 Å². The van der Waals surface area contributed by atoms with E-state index in [-0.39, 0.29) is 57.1 Å². The zero-order valence-corrected chi connectivity index (χ0v) is 4.87. The van der Waals surface area contributed by atoms with Crippen LogP contribution < -0.4 is 18.9 Å². The topological polar surface area (TPSA) is 17.1 Å². The number of hydrogen-bond donors (Lipinski definition) is 0. The van der Waals surface area contributed by atoms with Gasteiger partial charge in [-0.3, -0.25) is 0 Å². The molecule has 0 spiro atoms. The van der Waals surface area contributed by atoms with Crippen molar-refractivity contribution in [3.8, 4) is 0 Å². The molecule has 0 saturated carbocycles. The molecule has 0 saturated heterocycles. The summed E-state index contributed by atoms with van der Waals surface area (Å²) in [5.74, 6) is 0. The van der Waals surface area contributed by atoms with Gasteiger partial charge in [0.05, 0.1) is 0 Å². The third kappa shape index (κ3) is 23.5. The van der Waals surface area contributed by atoms with Gasteiger partial charge in [0.25, 0.3) is 0 Å². The van der Waals surface area contributed by atoms with E-state index in [2.05, 4.69) is 15.7 Å². The molecule has 0 bridgehead atoms. The summed E-state index contributed by atoms with van der Waals surface area (Å²) in [5, 5.41) is 0. The van der Waals surface area contributed by atoms with Gasteiger partial charge in [-0.2, -0.15) is 0 Å². The van der Waals surface area contributed by atoms with E-state index < -0.39 is 0 Å². The normalized spacial score (nSPS) is 1.00. The predicted octanol–water partition coefficient (Wildman–Crippen LogP) is -4.19. The van der Waals surface area contributed by atoms with Gasteiger partial charge < -0.3 is 1.43 Å². The van der Waals surface area contributed by atoms with Gasteiger partial charge in [-0.25, -0.2) is 0 Å². The van der Waals surface area contributed by atoms with E-state index >= 15 is 0 Å². The molecular formula is H4AlCoLiORu. The number of hydrogen-bond acceptors (Lipinski definition) is 1. The largest absolute Gasteiger partial charge is 0 e. The molecule has 0 aliphatic rings. The Kier molecular flexibility index (Phi) is 203. The molecule has 0 aromatic rings. The first-order valence-corrected chi connectivity index (χ1v) is 0.561. The van der Waals surface area contributed by atoms with Crippen molar-refractivity contribution in [1.29, 1.82) is 0 Å². The zero-order valence-electron chi connectivity index (χ0n) is 3.10. The molecule has 1 nitrogen and oxygen atoms in total. The quantitative estimate of drug-likeness (QED) is 0.374. The molecule has 0 N–H and O–H groups in total. The van der Waals surface area contributed by atoms with Gasteiger partial charge >= 0.3 is 38.4 Å². The van der Waals surface area contributed by atoms with Gasteiger partial charge in [-0.1, -0.05) is 0 Å². The standard InChI is InChI=1S/Al.Co.Li.O.Ru.4H/q;;+1;;;;;;-1. The predicted molar refractivity (Wildman–Crippen MR) is 11.7 cm³/mol. The summed E-state index contributed by atoms with van der Waals surface area (Å²) in [5.41, 5.74) is 0. The molecule has 0 aliphatic carbocycles. The molecule has 5 heteroatoms. The molecule has 0 atom stereocenters. The minimum Gasteiger partial charge on any atom is 0 e. The average molecular weight is 214 g/mol. The third-order valence-electron chi connectivity index (χ3n) is 0. The van der Waals surface area contributed by atoms with Crippen LogP contribution in [0.3, 0.4) is 0 Å². The van der Waals surface area contributed by atoms with Crippen LogP contribution in [-0.2, 0) is 39.0 Å². The van der Waals surface area contributed by atoms with Gasteiger partial charge in [0, 0.05) is 19.5 Å². The molecule has 0 unspecified atom stereocenters. The smallest absolute Gasteiger partial charge is 0 e. The second-order valence-corrected chi connectivity index (χ2v) is 0. The fourth-order valence-electron chi connectivity index (χ4n) is 0. The molecule has 0 heterocycles. The van der Waals surface area contributed by atoms with E-state index in [0.29, 0.717) is 0 Å². The maximum atomic E-state index is 7.94. The van der Waals surface area contributed by atoms with Crippen LogP contribution in [0.15, 0.2) is 0 Å². The fourth-order valence-corrected chi connectivity index (χ4v) is 0. The first-order valence-electron chi connectivity index (χ1n) is 0.136. The summed E-state index contributed by atoms with van der Waals surface area (Å²) in [6.07, 6.45) is 0. The Morgan fingerprint density at radius 1 is 1.40 bits per heavy atom. The van der Waals surface area contributed by atoms with Crippen LogP contribution in [0.4, 0.5) is 0 Å². The molecule has 0 aliphatic heterocycles. The van der Waals surface area contributed by atoms with Gasteiger partial charge in [-0.05, 0) is 0 Å². The van der Waals surface area contributed by atoms with E-state index in [1.807, 2.05) is 0 Å². The minimum atomic E-state index is 0. The fraction of sp³-hybridized carbons (Fsp3) is 0. The van der Waals surface area contributed by atoms with E-state index in [4.69, 9.17) is 3.87 Å². The average Bonchev–Trinajstić information content (AvgIpc) is 1.00. The van der Waals surface area contributed by atoms with E-state index in [1.54, 1.807) is 0 Å². The second-order valence-electron chi connectivity index (χ2n) is 0. The monoisotopic (exact) mass is 215 g/mol. The Morgan fingerprint density at radius 3 is 1.40 bits per heavy atom. The van der Waals surface area contributed by atoms with Crippen molar-refractivity contribution in [2.75, 3.05) is 0 Å². The molecule has 0 rings (SSSR count). The maximum Gasteiger partial charge on any atom is 0 e. The van der Waals surface area contributed by atoms with Gasteiger partial charge in [-0.15, -0.1) is 0 Å². The van der Waals surface area contributed by atoms with Crippen molar-refractivity contribution in [2.45, 2.75) is 0 Å². The molecule has 5 heavy (non-hydrogen) atoms. The Bertz CT molecular complexity index is 15.5. The first-order chi connectivity index (χ1) is 1.00. The van der Waals surface area contributed by atoms with Crippen molar-refractivity contribution in [3.05, 3.63) is 0 Å². The van der Waals surface area contributed by atoms with Crippen molar-refractivity contribution in [3.63, 3.8) is 0 Å². The van der Waals surface area contributed by atoms with Crippen LogP contribution in [-0.4, -0.2) is 17.4 Å². The Balaban J connectivity index is -0.000000000833. The van der Waals surface area contributed by atoms with Crippen molar-refractivity contribution >= 4 is 17.4 Å². The summed E-state index contributed by atoms with van der Waals surface area (Å²) in [6, 6.07) is 0. The Labute approximate surface area is 76.0 Å². The van der Waals surface area contributed by atoms with E-state index in [0.717, 1.165) is 0 Å². The van der Waals surface area contributed by atoms with Crippen molar-refractivity contribution in [2.24, 2.45) is 0 Å². The maximum absolute atomic E-state index is 7.94. The molecular weight excluding hydrogens is 210 g/mol. The summed E-state index contributed by atoms with van der Waals surface area (Å²) >= 11 is 2.31. The van der Waals surface area contributed by atoms with Crippen LogP contribution in [0.2, 0.25) is 0 Å². The van der Waals surface area contributed by atoms with Gasteiger partial charge in [0.15, 0.2) is 17.4 Å². The minimum absolute atomic E-state index is 0. The third-order valence-corrected chi connectivity index (χ3v) is 0. The second kappa shape index (κ2) is 36.6. The summed E-state index contributed by atoms with van der Waals surface area (Å²) in [6.45, 7) is 0. The van der Waals surface area contributed by atoms with E-state index in [9.17, 15) is 0 Å². The first kappa shape index (κ1) is 27.7. The molecule has 0 aromatic carbocycles. The van der Waals surface area contributed by atoms with Crippen LogP contribution in [0, 0.1) is 0 Å². The van der Waals surface area contributed by atoms with Crippen molar-refractivity contribution in [1.82, 2.24) is 0 Å². The summed E-state index contributed by atoms with van der Waals surface area (Å²) in [4.78, 5) is 0. The summed E-state index contributed by atoms with van der Waals surface area (Å²) < 4.78 is 7.94. The molecule has 0 radical (unpaired) electrons. The Hall–Kier alpha value is 2.06. The SMILES string of the molecule is [AlH3].[H-].[Li+].[O]=[Co].[Ru]. The molecule has 31 valence electrons. The van der Waals surface area contributed by atoms with Gasteiger partial charge in [0.1, 0.15) is 0 Å². The molecule has 0 aromatic heterocycles. The van der Waals surface area contributed by atoms with Crippen LogP contribution in [0.25, 0.3) is 0 Å². The van der Waals surface area contributed by atoms with Gasteiger partial charge in [0.2, 0.25) is 0 Å². The zero-order chi connectivity index (χ0) is 2.00. The van der Waals surface area contributed by atoms with Crippen LogP contribution in [0.5, 0.6) is 0 Å². The van der Waals surface area contributed by atoms with Crippen LogP contribution in [0.1, 0.15) is 1.43 Å². The molecule has 0 amide bonds. The Morgan fingerprint density at radius 2 is 1.40 bits per heavy atom. The molecule has 0 fully saturated rings. The number of rotatable bonds is 0. The van der Waals surface area contributed by atoms with E-state index in [1.165, 1.54) is 0 Å².